The van der Waals surface area contributed by atoms with Crippen molar-refractivity contribution in [2.45, 2.75) is 43.7 Å². The molecule has 2 aliphatic rings. The van der Waals surface area contributed by atoms with Crippen molar-refractivity contribution in [1.82, 2.24) is 9.21 Å². The largest absolute Gasteiger partial charge is 0.447 e. The molecule has 1 atom stereocenters. The van der Waals surface area contributed by atoms with E-state index in [1.54, 1.807) is 24.3 Å². The third-order valence-corrected chi connectivity index (χ3v) is 7.35. The first kappa shape index (κ1) is 18.7. The van der Waals surface area contributed by atoms with Crippen LogP contribution < -0.4 is 0 Å². The van der Waals surface area contributed by atoms with Gasteiger partial charge in [-0.1, -0.05) is 35.8 Å². The quantitative estimate of drug-likeness (QED) is 0.735. The van der Waals surface area contributed by atoms with Crippen LogP contribution in [0.25, 0.3) is 0 Å². The van der Waals surface area contributed by atoms with Crippen LogP contribution in [0.5, 0.6) is 0 Å². The number of halogens is 1. The Labute approximate surface area is 157 Å². The lowest BCUT2D eigenvalue weighted by atomic mass is 9.98. The van der Waals surface area contributed by atoms with Crippen molar-refractivity contribution in [3.63, 3.8) is 0 Å². The summed E-state index contributed by atoms with van der Waals surface area (Å²) in [6, 6.07) is 6.86. The van der Waals surface area contributed by atoms with Crippen LogP contribution >= 0.6 is 15.9 Å². The smallest absolute Gasteiger partial charge is 0.410 e. The van der Waals surface area contributed by atoms with Gasteiger partial charge in [-0.05, 0) is 37.0 Å². The van der Waals surface area contributed by atoms with Gasteiger partial charge < -0.3 is 4.74 Å². The standard InChI is InChI=1S/C17H23BrN2O4S/c1-12(2)16-11-24-17(21)20(16)14-6-8-19(9-7-14)25(22,23)15-5-3-4-13(18)10-15/h3-5,10,12,14,16H,6-9,11H2,1-2H3. The minimum atomic E-state index is -3.51. The van der Waals surface area contributed by atoms with E-state index in [0.717, 1.165) is 4.47 Å². The van der Waals surface area contributed by atoms with Crippen molar-refractivity contribution in [3.8, 4) is 0 Å². The topological polar surface area (TPSA) is 66.9 Å². The predicted molar refractivity (Wildman–Crippen MR) is 97.7 cm³/mol. The fraction of sp³-hybridized carbons (Fsp3) is 0.588. The molecule has 2 aliphatic heterocycles. The number of sulfonamides is 1. The Bertz CT molecular complexity index is 745. The summed E-state index contributed by atoms with van der Waals surface area (Å²) >= 11 is 3.32. The van der Waals surface area contributed by atoms with E-state index >= 15 is 0 Å². The van der Waals surface area contributed by atoms with Crippen molar-refractivity contribution in [2.24, 2.45) is 5.92 Å². The number of ether oxygens (including phenoxy) is 1. The Hall–Kier alpha value is -1.12. The van der Waals surface area contributed by atoms with Gasteiger partial charge in [0.05, 0.1) is 10.9 Å². The lowest BCUT2D eigenvalue weighted by Gasteiger charge is -2.38. The van der Waals surface area contributed by atoms with Gasteiger partial charge in [-0.2, -0.15) is 4.31 Å². The number of benzene rings is 1. The molecular weight excluding hydrogens is 408 g/mol. The van der Waals surface area contributed by atoms with Gasteiger partial charge in [-0.15, -0.1) is 0 Å². The normalized spacial score (nSPS) is 23.3. The highest BCUT2D eigenvalue weighted by Crippen LogP contribution is 2.29. The van der Waals surface area contributed by atoms with Crippen molar-refractivity contribution in [3.05, 3.63) is 28.7 Å². The number of piperidine rings is 1. The van der Waals surface area contributed by atoms with Crippen LogP contribution in [-0.4, -0.2) is 55.5 Å². The molecule has 1 aromatic carbocycles. The SMILES string of the molecule is CC(C)C1COC(=O)N1C1CCN(S(=O)(=O)c2cccc(Br)c2)CC1. The average molecular weight is 431 g/mol. The lowest BCUT2D eigenvalue weighted by molar-refractivity contribution is 0.117. The van der Waals surface area contributed by atoms with Crippen LogP contribution in [0.2, 0.25) is 0 Å². The number of hydrogen-bond donors (Lipinski definition) is 0. The maximum absolute atomic E-state index is 12.8. The Kier molecular flexibility index (Phi) is 5.41. The molecule has 0 spiro atoms. The Morgan fingerprint density at radius 3 is 2.52 bits per heavy atom. The number of cyclic esters (lactones) is 1. The molecule has 0 aliphatic carbocycles. The highest BCUT2D eigenvalue weighted by molar-refractivity contribution is 9.10. The van der Waals surface area contributed by atoms with Crippen molar-refractivity contribution in [1.29, 1.82) is 0 Å². The van der Waals surface area contributed by atoms with Gasteiger partial charge in [0.2, 0.25) is 10.0 Å². The fourth-order valence-corrected chi connectivity index (χ4v) is 5.58. The maximum Gasteiger partial charge on any atom is 0.410 e. The molecule has 2 heterocycles. The Morgan fingerprint density at radius 2 is 1.92 bits per heavy atom. The molecule has 25 heavy (non-hydrogen) atoms. The molecule has 0 aromatic heterocycles. The number of amides is 1. The first-order valence-electron chi connectivity index (χ1n) is 8.51. The summed E-state index contributed by atoms with van der Waals surface area (Å²) in [4.78, 5) is 14.2. The van der Waals surface area contributed by atoms with E-state index in [-0.39, 0.29) is 18.2 Å². The van der Waals surface area contributed by atoms with Crippen LogP contribution in [0.3, 0.4) is 0 Å². The minimum absolute atomic E-state index is 0.0383. The van der Waals surface area contributed by atoms with Crippen LogP contribution in [-0.2, 0) is 14.8 Å². The first-order chi connectivity index (χ1) is 11.8. The summed E-state index contributed by atoms with van der Waals surface area (Å²) < 4.78 is 33.1. The van der Waals surface area contributed by atoms with Crippen LogP contribution in [0.15, 0.2) is 33.6 Å². The monoisotopic (exact) mass is 430 g/mol. The zero-order chi connectivity index (χ0) is 18.2. The molecule has 3 rings (SSSR count). The van der Waals surface area contributed by atoms with Crippen molar-refractivity contribution < 1.29 is 17.9 Å². The summed E-state index contributed by atoms with van der Waals surface area (Å²) in [7, 11) is -3.51. The summed E-state index contributed by atoms with van der Waals surface area (Å²) in [6.45, 7) is 5.40. The molecular formula is C17H23BrN2O4S. The van der Waals surface area contributed by atoms with E-state index in [1.165, 1.54) is 4.31 Å². The lowest BCUT2D eigenvalue weighted by Crippen LogP contribution is -2.50. The molecule has 1 unspecified atom stereocenters. The van der Waals surface area contributed by atoms with Gasteiger partial charge in [0.1, 0.15) is 6.61 Å². The molecule has 138 valence electrons. The zero-order valence-electron chi connectivity index (χ0n) is 14.4. The zero-order valence-corrected chi connectivity index (χ0v) is 16.8. The number of carbonyl (C=O) groups excluding carboxylic acids is 1. The average Bonchev–Trinajstić information content (AvgIpc) is 2.97. The minimum Gasteiger partial charge on any atom is -0.447 e. The fourth-order valence-electron chi connectivity index (χ4n) is 3.52. The molecule has 1 amide bonds. The maximum atomic E-state index is 12.8. The van der Waals surface area contributed by atoms with E-state index < -0.39 is 10.0 Å². The molecule has 0 saturated carbocycles. The number of hydrogen-bond acceptors (Lipinski definition) is 4. The Morgan fingerprint density at radius 1 is 1.24 bits per heavy atom. The number of nitrogens with zero attached hydrogens (tertiary/aromatic N) is 2. The molecule has 1 aromatic rings. The first-order valence-corrected chi connectivity index (χ1v) is 10.7. The molecule has 6 nitrogen and oxygen atoms in total. The van der Waals surface area contributed by atoms with Gasteiger partial charge in [0, 0.05) is 23.6 Å². The van der Waals surface area contributed by atoms with E-state index in [4.69, 9.17) is 4.74 Å². The molecule has 2 saturated heterocycles. The molecule has 0 bridgehead atoms. The van der Waals surface area contributed by atoms with Gasteiger partial charge in [0.25, 0.3) is 0 Å². The summed E-state index contributed by atoms with van der Waals surface area (Å²) in [5.74, 6) is 0.315. The Balaban J connectivity index is 1.70. The van der Waals surface area contributed by atoms with E-state index in [0.29, 0.717) is 43.4 Å². The second-order valence-corrected chi connectivity index (χ2v) is 9.74. The van der Waals surface area contributed by atoms with Crippen LogP contribution in [0, 0.1) is 5.92 Å². The third-order valence-electron chi connectivity index (χ3n) is 4.97. The highest BCUT2D eigenvalue weighted by atomic mass is 79.9. The summed E-state index contributed by atoms with van der Waals surface area (Å²) in [6.07, 6.45) is 0.990. The predicted octanol–water partition coefficient (Wildman–Crippen LogP) is 3.08. The van der Waals surface area contributed by atoms with E-state index in [1.807, 2.05) is 4.90 Å². The van der Waals surface area contributed by atoms with Gasteiger partial charge in [0.15, 0.2) is 0 Å². The number of rotatable bonds is 4. The van der Waals surface area contributed by atoms with E-state index in [9.17, 15) is 13.2 Å². The summed E-state index contributed by atoms with van der Waals surface area (Å²) in [5, 5.41) is 0. The molecule has 2 fully saturated rings. The van der Waals surface area contributed by atoms with Crippen LogP contribution in [0.1, 0.15) is 26.7 Å². The molecule has 0 radical (unpaired) electrons. The molecule has 8 heteroatoms. The van der Waals surface area contributed by atoms with Crippen molar-refractivity contribution >= 4 is 32.0 Å². The van der Waals surface area contributed by atoms with Crippen molar-refractivity contribution in [2.75, 3.05) is 19.7 Å². The second-order valence-electron chi connectivity index (χ2n) is 6.89. The summed E-state index contributed by atoms with van der Waals surface area (Å²) in [5.41, 5.74) is 0. The van der Waals surface area contributed by atoms with Gasteiger partial charge in [-0.3, -0.25) is 4.90 Å². The van der Waals surface area contributed by atoms with Gasteiger partial charge in [-0.25, -0.2) is 13.2 Å². The second kappa shape index (κ2) is 7.25. The highest BCUT2D eigenvalue weighted by Gasteiger charge is 2.41. The van der Waals surface area contributed by atoms with Gasteiger partial charge >= 0.3 is 6.09 Å². The third kappa shape index (κ3) is 3.71. The number of carbonyl (C=O) groups is 1. The molecule has 0 N–H and O–H groups in total. The van der Waals surface area contributed by atoms with Crippen LogP contribution in [0.4, 0.5) is 4.79 Å². The van der Waals surface area contributed by atoms with E-state index in [2.05, 4.69) is 29.8 Å².